The second-order valence-electron chi connectivity index (χ2n) is 6.10. The summed E-state index contributed by atoms with van der Waals surface area (Å²) in [7, 11) is 0. The number of amides is 1. The van der Waals surface area contributed by atoms with Crippen LogP contribution in [-0.2, 0) is 17.8 Å². The van der Waals surface area contributed by atoms with Crippen LogP contribution >= 0.6 is 0 Å². The highest BCUT2D eigenvalue weighted by Crippen LogP contribution is 2.29. The number of carbonyl (C=O) groups is 1. The van der Waals surface area contributed by atoms with Crippen molar-refractivity contribution in [3.63, 3.8) is 0 Å². The lowest BCUT2D eigenvalue weighted by atomic mass is 9.94. The van der Waals surface area contributed by atoms with E-state index in [0.29, 0.717) is 18.9 Å². The number of nitrogens with zero attached hydrogens (tertiary/aromatic N) is 3. The lowest BCUT2D eigenvalue weighted by Crippen LogP contribution is -2.38. The van der Waals surface area contributed by atoms with Gasteiger partial charge in [0.2, 0.25) is 5.91 Å². The molecule has 0 unspecified atom stereocenters. The number of hydrogen-bond donors (Lipinski definition) is 1. The van der Waals surface area contributed by atoms with E-state index < -0.39 is 0 Å². The third-order valence-electron chi connectivity index (χ3n) is 4.45. The van der Waals surface area contributed by atoms with Gasteiger partial charge in [0.05, 0.1) is 6.54 Å². The molecule has 3 rings (SSSR count). The number of aryl methyl sites for hydroxylation is 1. The second-order valence-corrected chi connectivity index (χ2v) is 6.10. The number of benzene rings is 1. The molecule has 1 aliphatic carbocycles. The Morgan fingerprint density at radius 2 is 2.13 bits per heavy atom. The Morgan fingerprint density at radius 1 is 1.30 bits per heavy atom. The normalized spacial score (nSPS) is 20.6. The topological polar surface area (TPSA) is 59.8 Å². The predicted octanol–water partition coefficient (Wildman–Crippen LogP) is 2.33. The van der Waals surface area contributed by atoms with Crippen molar-refractivity contribution in [1.29, 1.82) is 0 Å². The van der Waals surface area contributed by atoms with Crippen LogP contribution in [0, 0.1) is 11.7 Å². The Balaban J connectivity index is 1.50. The summed E-state index contributed by atoms with van der Waals surface area (Å²) in [5.74, 6) is 0.269. The average Bonchev–Trinajstić information content (AvgIpc) is 3.20. The van der Waals surface area contributed by atoms with Gasteiger partial charge in [-0.25, -0.2) is 9.37 Å². The SMILES string of the molecule is O=C(CCn1cncn1)N[C@@H]1CCC[C@@H]1Cc1ccc(F)cc1. The van der Waals surface area contributed by atoms with Gasteiger partial charge in [0.25, 0.3) is 0 Å². The Hall–Kier alpha value is -2.24. The predicted molar refractivity (Wildman–Crippen MR) is 84.0 cm³/mol. The van der Waals surface area contributed by atoms with Crippen molar-refractivity contribution in [3.8, 4) is 0 Å². The Morgan fingerprint density at radius 3 is 2.87 bits per heavy atom. The first-order chi connectivity index (χ1) is 11.2. The Kier molecular flexibility index (Phi) is 5.00. The minimum atomic E-state index is -0.210. The van der Waals surface area contributed by atoms with Gasteiger partial charge in [-0.05, 0) is 42.9 Å². The first-order valence-electron chi connectivity index (χ1n) is 8.07. The van der Waals surface area contributed by atoms with E-state index in [2.05, 4.69) is 15.4 Å². The highest BCUT2D eigenvalue weighted by Gasteiger charge is 2.28. The quantitative estimate of drug-likeness (QED) is 0.890. The molecule has 1 saturated carbocycles. The molecule has 6 heteroatoms. The molecule has 0 aliphatic heterocycles. The maximum atomic E-state index is 13.0. The van der Waals surface area contributed by atoms with Crippen LogP contribution in [0.4, 0.5) is 4.39 Å². The van der Waals surface area contributed by atoms with Gasteiger partial charge in [-0.2, -0.15) is 5.10 Å². The van der Waals surface area contributed by atoms with Crippen molar-refractivity contribution in [3.05, 3.63) is 48.3 Å². The van der Waals surface area contributed by atoms with Crippen LogP contribution in [0.3, 0.4) is 0 Å². The van der Waals surface area contributed by atoms with Crippen molar-refractivity contribution in [1.82, 2.24) is 20.1 Å². The van der Waals surface area contributed by atoms with E-state index in [-0.39, 0.29) is 17.8 Å². The van der Waals surface area contributed by atoms with Gasteiger partial charge >= 0.3 is 0 Å². The summed E-state index contributed by atoms with van der Waals surface area (Å²) in [6.07, 6.45) is 7.61. The second kappa shape index (κ2) is 7.35. The molecule has 122 valence electrons. The maximum Gasteiger partial charge on any atom is 0.222 e. The monoisotopic (exact) mass is 316 g/mol. The largest absolute Gasteiger partial charge is 0.353 e. The van der Waals surface area contributed by atoms with Gasteiger partial charge < -0.3 is 5.32 Å². The van der Waals surface area contributed by atoms with E-state index in [1.807, 2.05) is 12.1 Å². The fraction of sp³-hybridized carbons (Fsp3) is 0.471. The minimum Gasteiger partial charge on any atom is -0.353 e. The molecule has 0 spiro atoms. The molecular formula is C17H21FN4O. The molecule has 2 aromatic rings. The van der Waals surface area contributed by atoms with Gasteiger partial charge in [-0.15, -0.1) is 0 Å². The van der Waals surface area contributed by atoms with Crippen LogP contribution in [-0.4, -0.2) is 26.7 Å². The fourth-order valence-corrected chi connectivity index (χ4v) is 3.24. The molecule has 1 amide bonds. The fourth-order valence-electron chi connectivity index (χ4n) is 3.24. The maximum absolute atomic E-state index is 13.0. The van der Waals surface area contributed by atoms with Crippen molar-refractivity contribution in [2.24, 2.45) is 5.92 Å². The van der Waals surface area contributed by atoms with Crippen LogP contribution in [0.15, 0.2) is 36.9 Å². The number of rotatable bonds is 6. The van der Waals surface area contributed by atoms with Crippen LogP contribution < -0.4 is 5.32 Å². The van der Waals surface area contributed by atoms with Crippen LogP contribution in [0.2, 0.25) is 0 Å². The minimum absolute atomic E-state index is 0.0523. The standard InChI is InChI=1S/C17H21FN4O/c18-15-6-4-13(5-7-15)10-14-2-1-3-16(14)21-17(23)8-9-22-12-19-11-20-22/h4-7,11-12,14,16H,1-3,8-10H2,(H,21,23)/t14-,16-/m1/s1. The van der Waals surface area contributed by atoms with Gasteiger partial charge in [-0.1, -0.05) is 18.6 Å². The number of nitrogens with one attached hydrogen (secondary N) is 1. The molecule has 1 aromatic carbocycles. The van der Waals surface area contributed by atoms with Crippen molar-refractivity contribution >= 4 is 5.91 Å². The molecule has 1 N–H and O–H groups in total. The summed E-state index contributed by atoms with van der Waals surface area (Å²) in [6, 6.07) is 6.86. The Labute approximate surface area is 134 Å². The zero-order valence-electron chi connectivity index (χ0n) is 13.0. The smallest absolute Gasteiger partial charge is 0.222 e. The summed E-state index contributed by atoms with van der Waals surface area (Å²) in [5.41, 5.74) is 1.13. The van der Waals surface area contributed by atoms with Crippen LogP contribution in [0.25, 0.3) is 0 Å². The van der Waals surface area contributed by atoms with E-state index in [0.717, 1.165) is 31.2 Å². The highest BCUT2D eigenvalue weighted by atomic mass is 19.1. The van der Waals surface area contributed by atoms with Crippen molar-refractivity contribution < 1.29 is 9.18 Å². The van der Waals surface area contributed by atoms with Crippen molar-refractivity contribution in [2.75, 3.05) is 0 Å². The third-order valence-corrected chi connectivity index (χ3v) is 4.45. The molecule has 0 saturated heterocycles. The summed E-state index contributed by atoms with van der Waals surface area (Å²) in [5, 5.41) is 7.14. The molecule has 1 aliphatic rings. The molecule has 23 heavy (non-hydrogen) atoms. The molecule has 1 fully saturated rings. The summed E-state index contributed by atoms with van der Waals surface area (Å²) in [4.78, 5) is 16.0. The van der Waals surface area contributed by atoms with Gasteiger partial charge in [0.1, 0.15) is 18.5 Å². The molecular weight excluding hydrogens is 295 g/mol. The first kappa shape index (κ1) is 15.6. The molecule has 1 heterocycles. The van der Waals surface area contributed by atoms with E-state index in [1.165, 1.54) is 18.5 Å². The summed E-state index contributed by atoms with van der Waals surface area (Å²) < 4.78 is 14.6. The highest BCUT2D eigenvalue weighted by molar-refractivity contribution is 5.76. The Bertz CT molecular complexity index is 627. The lowest BCUT2D eigenvalue weighted by Gasteiger charge is -2.21. The zero-order chi connectivity index (χ0) is 16.1. The first-order valence-corrected chi connectivity index (χ1v) is 8.07. The molecule has 0 radical (unpaired) electrons. The van der Waals surface area contributed by atoms with Gasteiger partial charge in [0, 0.05) is 12.5 Å². The lowest BCUT2D eigenvalue weighted by molar-refractivity contribution is -0.122. The van der Waals surface area contributed by atoms with E-state index in [4.69, 9.17) is 0 Å². The number of aromatic nitrogens is 3. The summed E-state index contributed by atoms with van der Waals surface area (Å²) in [6.45, 7) is 0.543. The summed E-state index contributed by atoms with van der Waals surface area (Å²) >= 11 is 0. The van der Waals surface area contributed by atoms with Crippen LogP contribution in [0.1, 0.15) is 31.2 Å². The zero-order valence-corrected chi connectivity index (χ0v) is 13.0. The number of hydrogen-bond acceptors (Lipinski definition) is 3. The van der Waals surface area contributed by atoms with Crippen LogP contribution in [0.5, 0.6) is 0 Å². The van der Waals surface area contributed by atoms with Gasteiger partial charge in [0.15, 0.2) is 0 Å². The van der Waals surface area contributed by atoms with E-state index >= 15 is 0 Å². The van der Waals surface area contributed by atoms with E-state index in [1.54, 1.807) is 11.0 Å². The number of carbonyl (C=O) groups excluding carboxylic acids is 1. The third kappa shape index (κ3) is 4.37. The molecule has 1 aromatic heterocycles. The van der Waals surface area contributed by atoms with E-state index in [9.17, 15) is 9.18 Å². The molecule has 5 nitrogen and oxygen atoms in total. The average molecular weight is 316 g/mol. The van der Waals surface area contributed by atoms with Crippen molar-refractivity contribution in [2.45, 2.75) is 44.7 Å². The number of halogens is 1. The van der Waals surface area contributed by atoms with Gasteiger partial charge in [-0.3, -0.25) is 9.48 Å². The molecule has 0 bridgehead atoms. The molecule has 2 atom stereocenters.